The highest BCUT2D eigenvalue weighted by Gasteiger charge is 2.51. The number of hydrogen-bond donors (Lipinski definition) is 10. The van der Waals surface area contributed by atoms with Crippen LogP contribution in [0.1, 0.15) is 142 Å². The molecule has 83 heavy (non-hydrogen) atoms. The van der Waals surface area contributed by atoms with Crippen LogP contribution in [-0.2, 0) is 62.1 Å². The van der Waals surface area contributed by atoms with Crippen molar-refractivity contribution in [3.05, 3.63) is 0 Å². The molecule has 3 aliphatic heterocycles. The number of likely N-dealkylation sites (tertiary alicyclic amines) is 1. The second-order valence-corrected chi connectivity index (χ2v) is 25.1. The van der Waals surface area contributed by atoms with Gasteiger partial charge in [0.15, 0.2) is 41.8 Å². The predicted molar refractivity (Wildman–Crippen MR) is 295 cm³/mol. The smallest absolute Gasteiger partial charge is 0.227 e. The summed E-state index contributed by atoms with van der Waals surface area (Å²) in [6, 6.07) is -5.34. The van der Waals surface area contributed by atoms with E-state index < -0.39 is 187 Å². The first-order chi connectivity index (χ1) is 38.6. The second kappa shape index (κ2) is 32.9. The fraction of sp³-hybridized carbons (Fsp3) is 0.845. The highest BCUT2D eigenvalue weighted by Crippen LogP contribution is 2.34. The number of aliphatic hydroxyl groups is 6. The van der Waals surface area contributed by atoms with Gasteiger partial charge in [0.05, 0.1) is 49.5 Å². The zero-order chi connectivity index (χ0) is 63.2. The first kappa shape index (κ1) is 72.8. The zero-order valence-electron chi connectivity index (χ0n) is 51.1. The van der Waals surface area contributed by atoms with Crippen LogP contribution in [-0.4, -0.2) is 200 Å². The molecule has 3 saturated heterocycles. The summed E-state index contributed by atoms with van der Waals surface area (Å²) in [4.78, 5) is 124. The van der Waals surface area contributed by atoms with Gasteiger partial charge in [-0.2, -0.15) is 0 Å². The SMILES string of the molecule is CC(C)C[C@H](NC(=O)C(CC(=O)[C@@H](NC(=O)C(CC(=O)[C@H](C)NC(=O)C(C)CC(=O)[C@@H]1CCCN1C(=O)C(CC(=O)[C@@H]([NH3+])C(C)O[C@H]1OC(CO)[C@H](O)[C@H](O[C@@H]2OC(CO)[C@H](O)[C@H](O)C2O)C1C)C(C)C)C(C)C)C(C)C)C(C)C)C(=O)[O-]. The van der Waals surface area contributed by atoms with Gasteiger partial charge in [-0.3, -0.25) is 38.4 Å². The lowest BCUT2D eigenvalue weighted by molar-refractivity contribution is -0.432. The summed E-state index contributed by atoms with van der Waals surface area (Å²) in [5, 5.41) is 81.7. The number of carbonyl (C=O) groups excluding carboxylic acids is 9. The van der Waals surface area contributed by atoms with Gasteiger partial charge in [0.25, 0.3) is 0 Å². The molecule has 0 radical (unpaired) electrons. The summed E-state index contributed by atoms with van der Waals surface area (Å²) in [5.41, 5.74) is 4.03. The Bertz CT molecular complexity index is 2190. The van der Waals surface area contributed by atoms with E-state index in [1.54, 1.807) is 83.1 Å². The quantitative estimate of drug-likeness (QED) is 0.0343. The summed E-state index contributed by atoms with van der Waals surface area (Å²) in [5.74, 6) is -11.5. The molecule has 25 nitrogen and oxygen atoms in total. The minimum atomic E-state index is -1.79. The Morgan fingerprint density at radius 2 is 1.14 bits per heavy atom. The van der Waals surface area contributed by atoms with Crippen molar-refractivity contribution >= 4 is 52.7 Å². The zero-order valence-corrected chi connectivity index (χ0v) is 51.1. The lowest BCUT2D eigenvalue weighted by Gasteiger charge is -2.47. The number of quaternary nitrogens is 1. The number of aliphatic carboxylic acids is 1. The number of rotatable bonds is 33. The molecule has 12 N–H and O–H groups in total. The van der Waals surface area contributed by atoms with E-state index in [1.807, 2.05) is 0 Å². The molecule has 476 valence electrons. The van der Waals surface area contributed by atoms with Crippen molar-refractivity contribution in [3.8, 4) is 0 Å². The molecule has 3 fully saturated rings. The molecule has 3 heterocycles. The van der Waals surface area contributed by atoms with E-state index in [4.69, 9.17) is 18.9 Å². The molecule has 20 atom stereocenters. The lowest BCUT2D eigenvalue weighted by Crippen LogP contribution is -2.71. The normalized spacial score (nSPS) is 28.2. The van der Waals surface area contributed by atoms with Crippen LogP contribution in [0.25, 0.3) is 0 Å². The third-order valence-corrected chi connectivity index (χ3v) is 16.6. The molecule has 0 aromatic carbocycles. The number of ether oxygens (including phenoxy) is 4. The molecule has 0 aromatic heterocycles. The van der Waals surface area contributed by atoms with Crippen molar-refractivity contribution in [1.82, 2.24) is 20.9 Å². The van der Waals surface area contributed by atoms with Crippen molar-refractivity contribution in [1.29, 1.82) is 0 Å². The summed E-state index contributed by atoms with van der Waals surface area (Å²) in [6.07, 6.45) is -14.6. The van der Waals surface area contributed by atoms with Crippen molar-refractivity contribution in [2.24, 2.45) is 59.2 Å². The van der Waals surface area contributed by atoms with Gasteiger partial charge in [0.1, 0.15) is 42.7 Å². The van der Waals surface area contributed by atoms with Crippen molar-refractivity contribution < 1.29 is 104 Å². The van der Waals surface area contributed by atoms with E-state index in [1.165, 1.54) is 18.7 Å². The minimum absolute atomic E-state index is 0.0575. The predicted octanol–water partition coefficient (Wildman–Crippen LogP) is -1.89. The number of amides is 4. The van der Waals surface area contributed by atoms with Crippen LogP contribution in [0.15, 0.2) is 0 Å². The van der Waals surface area contributed by atoms with Gasteiger partial charge in [-0.1, -0.05) is 83.1 Å². The van der Waals surface area contributed by atoms with Gasteiger partial charge < -0.3 is 86.1 Å². The molecule has 3 aliphatic rings. The van der Waals surface area contributed by atoms with Crippen LogP contribution in [0.4, 0.5) is 0 Å². The van der Waals surface area contributed by atoms with E-state index in [9.17, 15) is 78.9 Å². The van der Waals surface area contributed by atoms with Crippen LogP contribution >= 0.6 is 0 Å². The molecule has 0 saturated carbocycles. The Labute approximate surface area is 488 Å². The fourth-order valence-corrected chi connectivity index (χ4v) is 10.8. The van der Waals surface area contributed by atoms with Crippen molar-refractivity contribution in [3.63, 3.8) is 0 Å². The Hall–Kier alpha value is -4.41. The van der Waals surface area contributed by atoms with Gasteiger partial charge in [0, 0.05) is 61.8 Å². The Balaban J connectivity index is 1.62. The van der Waals surface area contributed by atoms with Crippen LogP contribution in [0.2, 0.25) is 0 Å². The van der Waals surface area contributed by atoms with Crippen LogP contribution in [0.5, 0.6) is 0 Å². The van der Waals surface area contributed by atoms with E-state index >= 15 is 0 Å². The maximum atomic E-state index is 14.3. The molecule has 0 spiro atoms. The number of aliphatic hydroxyl groups excluding tert-OH is 6. The molecule has 25 heteroatoms. The molecule has 0 aromatic rings. The highest BCUT2D eigenvalue weighted by molar-refractivity contribution is 5.98. The molecule has 3 rings (SSSR count). The first-order valence-corrected chi connectivity index (χ1v) is 29.5. The average molecular weight is 1190 g/mol. The third-order valence-electron chi connectivity index (χ3n) is 16.6. The largest absolute Gasteiger partial charge is 0.548 e. The van der Waals surface area contributed by atoms with Gasteiger partial charge in [0.2, 0.25) is 23.6 Å². The van der Waals surface area contributed by atoms with Gasteiger partial charge in [-0.05, 0) is 62.7 Å². The summed E-state index contributed by atoms with van der Waals surface area (Å²) in [6.45, 7) is 22.4. The molecule has 0 bridgehead atoms. The van der Waals surface area contributed by atoms with E-state index in [0.717, 1.165) is 0 Å². The number of nitrogens with zero attached hydrogens (tertiary/aromatic N) is 1. The van der Waals surface area contributed by atoms with E-state index in [0.29, 0.717) is 12.8 Å². The summed E-state index contributed by atoms with van der Waals surface area (Å²) >= 11 is 0. The number of hydrogen-bond acceptors (Lipinski definition) is 20. The van der Waals surface area contributed by atoms with Gasteiger partial charge in [-0.25, -0.2) is 0 Å². The fourth-order valence-electron chi connectivity index (χ4n) is 10.8. The maximum Gasteiger partial charge on any atom is 0.227 e. The standard InChI is InChI=1S/C58H99N5O20/c1-25(2)18-37(56(78)79)61-53(75)35(27(5)6)21-42(69)46(29(9)10)62-54(76)34(26(3)4)20-39(66)32(13)60-52(74)30(11)19-40(67)38-16-15-17-63(38)55(77)36(28(7)8)22-41(68)45(59)33(14)80-57-31(12)51(48(71)44(24-65)81-57)83-58-50(73)49(72)47(70)43(23-64)82-58/h25-38,43-51,57-58,64-65,70-73H,15-24,59H2,1-14H3,(H,60,74)(H,61,75)(H,62,76)(H,78,79)/t30?,31?,32-,33?,34?,35?,36?,37-,38-,43?,44?,45-,46-,47-,48-,49-,50?,51+,57-,58-/m0/s1. The second-order valence-electron chi connectivity index (χ2n) is 25.1. The molecule has 0 aliphatic carbocycles. The Kier molecular flexibility index (Phi) is 28.9. The maximum absolute atomic E-state index is 14.3. The number of Topliss-reactive ketones (excluding diaryl/α,β-unsaturated/α-hetero) is 4. The monoisotopic (exact) mass is 1190 g/mol. The third kappa shape index (κ3) is 19.8. The van der Waals surface area contributed by atoms with Crippen LogP contribution < -0.4 is 26.8 Å². The number of carbonyl (C=O) groups is 9. The number of carboxylic acids is 1. The molecule has 4 amide bonds. The van der Waals surface area contributed by atoms with E-state index in [-0.39, 0.29) is 68.1 Å². The van der Waals surface area contributed by atoms with Crippen molar-refractivity contribution in [2.75, 3.05) is 19.8 Å². The number of carboxylic acid groups (broad SMARTS) is 1. The molecule has 9 unspecified atom stereocenters. The number of ketones is 4. The average Bonchev–Trinajstić information content (AvgIpc) is 3.95. The topological polar surface area (TPSA) is 402 Å². The first-order valence-electron chi connectivity index (χ1n) is 29.5. The summed E-state index contributed by atoms with van der Waals surface area (Å²) in [7, 11) is 0. The summed E-state index contributed by atoms with van der Waals surface area (Å²) < 4.78 is 23.4. The molecular weight excluding hydrogens is 1090 g/mol. The van der Waals surface area contributed by atoms with Crippen LogP contribution in [0, 0.1) is 59.2 Å². The van der Waals surface area contributed by atoms with Crippen LogP contribution in [0.3, 0.4) is 0 Å². The Morgan fingerprint density at radius 1 is 0.627 bits per heavy atom. The Morgan fingerprint density at radius 3 is 1.66 bits per heavy atom. The highest BCUT2D eigenvalue weighted by atomic mass is 16.7. The number of nitrogens with one attached hydrogen (secondary N) is 3. The van der Waals surface area contributed by atoms with Gasteiger partial charge in [-0.15, -0.1) is 0 Å². The van der Waals surface area contributed by atoms with Crippen molar-refractivity contribution in [2.45, 2.75) is 233 Å². The minimum Gasteiger partial charge on any atom is -0.548 e. The van der Waals surface area contributed by atoms with Gasteiger partial charge >= 0.3 is 0 Å². The molecular formula is C58H99N5O20. The lowest BCUT2D eigenvalue weighted by atomic mass is 9.84. The van der Waals surface area contributed by atoms with E-state index in [2.05, 4.69) is 21.7 Å².